The van der Waals surface area contributed by atoms with Gasteiger partial charge in [0.2, 0.25) is 5.91 Å². The summed E-state index contributed by atoms with van der Waals surface area (Å²) in [7, 11) is 0. The van der Waals surface area contributed by atoms with Crippen molar-refractivity contribution in [1.82, 2.24) is 0 Å². The van der Waals surface area contributed by atoms with Crippen LogP contribution >= 0.6 is 0 Å². The maximum atomic E-state index is 12.3. The first-order chi connectivity index (χ1) is 13.2. The van der Waals surface area contributed by atoms with Crippen LogP contribution in [-0.4, -0.2) is 31.8 Å². The van der Waals surface area contributed by atoms with Gasteiger partial charge in [0.15, 0.2) is 0 Å². The van der Waals surface area contributed by atoms with Gasteiger partial charge < -0.3 is 20.1 Å². The van der Waals surface area contributed by atoms with Crippen molar-refractivity contribution < 1.29 is 14.3 Å². The van der Waals surface area contributed by atoms with Crippen LogP contribution in [0.3, 0.4) is 0 Å². The van der Waals surface area contributed by atoms with E-state index in [0.717, 1.165) is 54.1 Å². The molecule has 0 saturated carbocycles. The summed E-state index contributed by atoms with van der Waals surface area (Å²) >= 11 is 0. The minimum absolute atomic E-state index is 0.0577. The predicted molar refractivity (Wildman–Crippen MR) is 109 cm³/mol. The van der Waals surface area contributed by atoms with Crippen LogP contribution < -0.4 is 15.4 Å². The average molecular weight is 368 g/mol. The number of benzene rings is 2. The summed E-state index contributed by atoms with van der Waals surface area (Å²) in [5.74, 6) is 0.755. The van der Waals surface area contributed by atoms with E-state index in [2.05, 4.69) is 17.6 Å². The van der Waals surface area contributed by atoms with E-state index >= 15 is 0 Å². The summed E-state index contributed by atoms with van der Waals surface area (Å²) in [6.45, 7) is 5.74. The van der Waals surface area contributed by atoms with Crippen LogP contribution in [0.5, 0.6) is 5.75 Å². The number of amides is 1. The van der Waals surface area contributed by atoms with Crippen molar-refractivity contribution >= 4 is 17.3 Å². The minimum atomic E-state index is -0.0577. The average Bonchev–Trinajstić information content (AvgIpc) is 3.21. The number of carbonyl (C=O) groups excluding carboxylic acids is 1. The molecule has 0 bridgehead atoms. The van der Waals surface area contributed by atoms with Gasteiger partial charge in [-0.1, -0.05) is 25.1 Å². The van der Waals surface area contributed by atoms with Gasteiger partial charge in [-0.3, -0.25) is 4.79 Å². The van der Waals surface area contributed by atoms with Gasteiger partial charge in [0, 0.05) is 18.0 Å². The fraction of sp³-hybridized carbons (Fsp3) is 0.409. The Morgan fingerprint density at radius 1 is 1.22 bits per heavy atom. The van der Waals surface area contributed by atoms with Crippen molar-refractivity contribution in [3.05, 3.63) is 53.6 Å². The van der Waals surface area contributed by atoms with E-state index in [1.54, 1.807) is 0 Å². The largest absolute Gasteiger partial charge is 0.491 e. The van der Waals surface area contributed by atoms with Crippen molar-refractivity contribution in [2.75, 3.05) is 30.4 Å². The van der Waals surface area contributed by atoms with E-state index in [1.165, 1.54) is 0 Å². The minimum Gasteiger partial charge on any atom is -0.491 e. The Balaban J connectivity index is 1.47. The van der Waals surface area contributed by atoms with Crippen LogP contribution in [0.1, 0.15) is 30.9 Å². The molecule has 1 atom stereocenters. The van der Waals surface area contributed by atoms with Crippen LogP contribution in [0.15, 0.2) is 42.5 Å². The summed E-state index contributed by atoms with van der Waals surface area (Å²) in [6.07, 6.45) is 3.27. The van der Waals surface area contributed by atoms with E-state index < -0.39 is 0 Å². The highest BCUT2D eigenvalue weighted by Crippen LogP contribution is 2.21. The molecule has 27 heavy (non-hydrogen) atoms. The molecular weight excluding hydrogens is 340 g/mol. The second-order valence-corrected chi connectivity index (χ2v) is 6.83. The lowest BCUT2D eigenvalue weighted by molar-refractivity contribution is -0.114. The molecule has 1 unspecified atom stereocenters. The second kappa shape index (κ2) is 9.42. The maximum Gasteiger partial charge on any atom is 0.243 e. The lowest BCUT2D eigenvalue weighted by Crippen LogP contribution is -2.22. The quantitative estimate of drug-likeness (QED) is 0.734. The number of carbonyl (C=O) groups is 1. The summed E-state index contributed by atoms with van der Waals surface area (Å²) < 4.78 is 11.3. The van der Waals surface area contributed by atoms with E-state index in [0.29, 0.717) is 6.61 Å². The first kappa shape index (κ1) is 19.2. The van der Waals surface area contributed by atoms with Gasteiger partial charge in [0.25, 0.3) is 0 Å². The zero-order valence-corrected chi connectivity index (χ0v) is 16.1. The van der Waals surface area contributed by atoms with Crippen LogP contribution in [0.2, 0.25) is 0 Å². The molecule has 5 nitrogen and oxygen atoms in total. The Morgan fingerprint density at radius 3 is 2.74 bits per heavy atom. The molecule has 0 aromatic heterocycles. The SMILES string of the molecule is CCc1cccc(C)c1NC(=O)CNc1ccc(OCC2CCCO2)cc1. The number of nitrogens with one attached hydrogen (secondary N) is 2. The molecule has 0 radical (unpaired) electrons. The molecule has 2 N–H and O–H groups in total. The molecule has 1 fully saturated rings. The number of hydrogen-bond donors (Lipinski definition) is 2. The van der Waals surface area contributed by atoms with Crippen LogP contribution in [-0.2, 0) is 16.0 Å². The first-order valence-corrected chi connectivity index (χ1v) is 9.62. The fourth-order valence-corrected chi connectivity index (χ4v) is 3.20. The Morgan fingerprint density at radius 2 is 2.04 bits per heavy atom. The summed E-state index contributed by atoms with van der Waals surface area (Å²) in [6, 6.07) is 13.7. The zero-order valence-electron chi connectivity index (χ0n) is 16.1. The summed E-state index contributed by atoms with van der Waals surface area (Å²) in [4.78, 5) is 12.3. The topological polar surface area (TPSA) is 59.6 Å². The predicted octanol–water partition coefficient (Wildman–Crippen LogP) is 4.17. The monoisotopic (exact) mass is 368 g/mol. The maximum absolute atomic E-state index is 12.3. The molecule has 0 spiro atoms. The Labute approximate surface area is 161 Å². The standard InChI is InChI=1S/C22H28N2O3/c1-3-17-7-4-6-16(2)22(17)24-21(25)14-23-18-9-11-19(12-10-18)27-15-20-8-5-13-26-20/h4,6-7,9-12,20,23H,3,5,8,13-15H2,1-2H3,(H,24,25). The second-order valence-electron chi connectivity index (χ2n) is 6.83. The van der Waals surface area contributed by atoms with Gasteiger partial charge in [0.1, 0.15) is 12.4 Å². The van der Waals surface area contributed by atoms with Crippen molar-refractivity contribution in [3.8, 4) is 5.75 Å². The molecular formula is C22H28N2O3. The van der Waals surface area contributed by atoms with E-state index in [1.807, 2.05) is 49.4 Å². The van der Waals surface area contributed by atoms with Gasteiger partial charge in [-0.25, -0.2) is 0 Å². The molecule has 3 rings (SSSR count). The molecule has 144 valence electrons. The number of ether oxygens (including phenoxy) is 2. The molecule has 1 amide bonds. The van der Waals surface area contributed by atoms with E-state index in [-0.39, 0.29) is 18.6 Å². The zero-order chi connectivity index (χ0) is 19.1. The van der Waals surface area contributed by atoms with Gasteiger partial charge in [-0.15, -0.1) is 0 Å². The Bertz CT molecular complexity index is 753. The lowest BCUT2D eigenvalue weighted by Gasteiger charge is -2.14. The molecule has 1 saturated heterocycles. The lowest BCUT2D eigenvalue weighted by atomic mass is 10.1. The molecule has 5 heteroatoms. The van der Waals surface area contributed by atoms with Crippen molar-refractivity contribution in [2.45, 2.75) is 39.2 Å². The van der Waals surface area contributed by atoms with Crippen molar-refractivity contribution in [3.63, 3.8) is 0 Å². The molecule has 1 heterocycles. The third-order valence-electron chi connectivity index (χ3n) is 4.77. The molecule has 2 aromatic rings. The fourth-order valence-electron chi connectivity index (χ4n) is 3.20. The van der Waals surface area contributed by atoms with Gasteiger partial charge >= 0.3 is 0 Å². The van der Waals surface area contributed by atoms with E-state index in [4.69, 9.17) is 9.47 Å². The highest BCUT2D eigenvalue weighted by atomic mass is 16.5. The number of anilines is 2. The number of aryl methyl sites for hydroxylation is 2. The third-order valence-corrected chi connectivity index (χ3v) is 4.77. The molecule has 0 aliphatic carbocycles. The highest BCUT2D eigenvalue weighted by molar-refractivity contribution is 5.95. The summed E-state index contributed by atoms with van der Waals surface area (Å²) in [5, 5.41) is 6.18. The highest BCUT2D eigenvalue weighted by Gasteiger charge is 2.15. The van der Waals surface area contributed by atoms with Gasteiger partial charge in [-0.2, -0.15) is 0 Å². The van der Waals surface area contributed by atoms with Crippen LogP contribution in [0, 0.1) is 6.92 Å². The van der Waals surface area contributed by atoms with Crippen molar-refractivity contribution in [1.29, 1.82) is 0 Å². The number of para-hydroxylation sites is 1. The first-order valence-electron chi connectivity index (χ1n) is 9.62. The summed E-state index contributed by atoms with van der Waals surface area (Å²) in [5.41, 5.74) is 4.03. The van der Waals surface area contributed by atoms with E-state index in [9.17, 15) is 4.79 Å². The molecule has 2 aromatic carbocycles. The van der Waals surface area contributed by atoms with Crippen molar-refractivity contribution in [2.24, 2.45) is 0 Å². The number of rotatable bonds is 8. The third kappa shape index (κ3) is 5.47. The van der Waals surface area contributed by atoms with Gasteiger partial charge in [-0.05, 0) is 61.6 Å². The molecule has 1 aliphatic heterocycles. The van der Waals surface area contributed by atoms with Crippen LogP contribution in [0.4, 0.5) is 11.4 Å². The number of hydrogen-bond acceptors (Lipinski definition) is 4. The van der Waals surface area contributed by atoms with Gasteiger partial charge in [0.05, 0.1) is 12.6 Å². The smallest absolute Gasteiger partial charge is 0.243 e. The Kier molecular flexibility index (Phi) is 6.71. The normalized spacial score (nSPS) is 16.1. The van der Waals surface area contributed by atoms with Crippen LogP contribution in [0.25, 0.3) is 0 Å². The Hall–Kier alpha value is -2.53. The molecule has 1 aliphatic rings.